The molecule has 10 heteroatoms. The Kier molecular flexibility index (Phi) is 7.76. The number of carbonyl (C=O) groups excluding carboxylic acids is 1. The van der Waals surface area contributed by atoms with Crippen LogP contribution in [0.1, 0.15) is 30.8 Å². The lowest BCUT2D eigenvalue weighted by Gasteiger charge is -2.16. The first-order valence-electron chi connectivity index (χ1n) is 8.76. The van der Waals surface area contributed by atoms with Crippen molar-refractivity contribution in [1.29, 1.82) is 10.5 Å². The van der Waals surface area contributed by atoms with Crippen LogP contribution in [0.15, 0.2) is 22.1 Å². The van der Waals surface area contributed by atoms with E-state index in [4.69, 9.17) is 14.4 Å². The van der Waals surface area contributed by atoms with E-state index in [9.17, 15) is 18.5 Å². The molecule has 1 fully saturated rings. The average molecular weight is 406 g/mol. The van der Waals surface area contributed by atoms with Crippen molar-refractivity contribution in [3.63, 3.8) is 0 Å². The van der Waals surface area contributed by atoms with Crippen molar-refractivity contribution in [3.8, 4) is 12.1 Å². The molecule has 1 saturated heterocycles. The second kappa shape index (κ2) is 10.0. The van der Waals surface area contributed by atoms with Gasteiger partial charge in [-0.15, -0.1) is 0 Å². The zero-order valence-electron chi connectivity index (χ0n) is 15.6. The Labute approximate surface area is 164 Å². The third-order valence-corrected chi connectivity index (χ3v) is 5.37. The molecule has 1 N–H and O–H groups in total. The van der Waals surface area contributed by atoms with Crippen LogP contribution >= 0.6 is 0 Å². The Morgan fingerprint density at radius 1 is 1.43 bits per heavy atom. The monoisotopic (exact) mass is 406 g/mol. The third kappa shape index (κ3) is 6.50. The predicted molar refractivity (Wildman–Crippen MR) is 99.8 cm³/mol. The van der Waals surface area contributed by atoms with Gasteiger partial charge >= 0.3 is 0 Å². The SMILES string of the molecule is CS(=O)(=O)N(CCC#N)Cc1ccc(/C=C(\C#N)C(=O)NC[C@H]2CCCO2)o1. The molecular weight excluding hydrogens is 384 g/mol. The number of nitrogens with one attached hydrogen (secondary N) is 1. The summed E-state index contributed by atoms with van der Waals surface area (Å²) in [4.78, 5) is 12.2. The molecule has 2 rings (SSSR count). The molecule has 0 aliphatic carbocycles. The van der Waals surface area contributed by atoms with E-state index < -0.39 is 15.9 Å². The van der Waals surface area contributed by atoms with Crippen LogP contribution in [-0.4, -0.2) is 50.7 Å². The minimum atomic E-state index is -3.50. The van der Waals surface area contributed by atoms with Gasteiger partial charge in [0.15, 0.2) is 0 Å². The van der Waals surface area contributed by atoms with Crippen molar-refractivity contribution >= 4 is 22.0 Å². The van der Waals surface area contributed by atoms with Gasteiger partial charge in [-0.25, -0.2) is 8.42 Å². The maximum absolute atomic E-state index is 12.2. The zero-order chi connectivity index (χ0) is 20.6. The maximum atomic E-state index is 12.2. The van der Waals surface area contributed by atoms with Crippen molar-refractivity contribution in [3.05, 3.63) is 29.2 Å². The molecule has 1 aromatic rings. The van der Waals surface area contributed by atoms with Gasteiger partial charge in [-0.2, -0.15) is 14.8 Å². The number of hydrogen-bond donors (Lipinski definition) is 1. The molecule has 1 aliphatic rings. The van der Waals surface area contributed by atoms with Gasteiger partial charge in [-0.3, -0.25) is 4.79 Å². The number of rotatable bonds is 9. The van der Waals surface area contributed by atoms with E-state index in [1.54, 1.807) is 12.1 Å². The lowest BCUT2D eigenvalue weighted by Crippen LogP contribution is -2.32. The average Bonchev–Trinajstić information content (AvgIpc) is 3.32. The fourth-order valence-corrected chi connectivity index (χ4v) is 3.45. The van der Waals surface area contributed by atoms with E-state index in [2.05, 4.69) is 5.32 Å². The highest BCUT2D eigenvalue weighted by molar-refractivity contribution is 7.88. The topological polar surface area (TPSA) is 136 Å². The van der Waals surface area contributed by atoms with Gasteiger partial charge in [-0.1, -0.05) is 0 Å². The van der Waals surface area contributed by atoms with Crippen molar-refractivity contribution in [2.75, 3.05) is 26.0 Å². The molecule has 0 bridgehead atoms. The highest BCUT2D eigenvalue weighted by Crippen LogP contribution is 2.16. The molecule has 150 valence electrons. The van der Waals surface area contributed by atoms with Crippen molar-refractivity contribution in [2.24, 2.45) is 0 Å². The van der Waals surface area contributed by atoms with Gasteiger partial charge in [0.2, 0.25) is 10.0 Å². The van der Waals surface area contributed by atoms with Gasteiger partial charge < -0.3 is 14.5 Å². The van der Waals surface area contributed by atoms with E-state index in [1.807, 2.05) is 12.1 Å². The molecule has 1 aromatic heterocycles. The van der Waals surface area contributed by atoms with Gasteiger partial charge in [0.1, 0.15) is 23.2 Å². The summed E-state index contributed by atoms with van der Waals surface area (Å²) < 4.78 is 35.7. The van der Waals surface area contributed by atoms with E-state index >= 15 is 0 Å². The van der Waals surface area contributed by atoms with Crippen LogP contribution in [0.3, 0.4) is 0 Å². The smallest absolute Gasteiger partial charge is 0.262 e. The lowest BCUT2D eigenvalue weighted by atomic mass is 10.2. The van der Waals surface area contributed by atoms with Crippen molar-refractivity contribution in [1.82, 2.24) is 9.62 Å². The van der Waals surface area contributed by atoms with Crippen molar-refractivity contribution < 1.29 is 22.4 Å². The second-order valence-corrected chi connectivity index (χ2v) is 8.31. The molecular formula is C18H22N4O5S. The first kappa shape index (κ1) is 21.6. The lowest BCUT2D eigenvalue weighted by molar-refractivity contribution is -0.117. The van der Waals surface area contributed by atoms with Crippen LogP contribution in [0.5, 0.6) is 0 Å². The normalized spacial score (nSPS) is 17.3. The molecule has 28 heavy (non-hydrogen) atoms. The molecule has 1 aliphatic heterocycles. The van der Waals surface area contributed by atoms with Crippen LogP contribution < -0.4 is 5.32 Å². The summed E-state index contributed by atoms with van der Waals surface area (Å²) in [7, 11) is -3.50. The molecule has 9 nitrogen and oxygen atoms in total. The number of sulfonamides is 1. The fraction of sp³-hybridized carbons (Fsp3) is 0.500. The number of nitrogens with zero attached hydrogens (tertiary/aromatic N) is 3. The summed E-state index contributed by atoms with van der Waals surface area (Å²) >= 11 is 0. The van der Waals surface area contributed by atoms with Crippen molar-refractivity contribution in [2.45, 2.75) is 31.9 Å². The first-order chi connectivity index (χ1) is 13.3. The standard InChI is InChI=1S/C18H22N4O5S/c1-28(24,25)22(8-3-7-19)13-17-6-5-15(27-17)10-14(11-20)18(23)21-12-16-4-2-9-26-16/h5-6,10,16H,2-4,8-9,12-13H2,1H3,(H,21,23)/b14-10+/t16-/m1/s1. The summed E-state index contributed by atoms with van der Waals surface area (Å²) in [6, 6.07) is 6.85. The van der Waals surface area contributed by atoms with E-state index in [-0.39, 0.29) is 36.9 Å². The Hall–Kier alpha value is -2.66. The minimum Gasteiger partial charge on any atom is -0.460 e. The number of ether oxygens (including phenoxy) is 1. The molecule has 0 saturated carbocycles. The molecule has 0 aromatic carbocycles. The van der Waals surface area contributed by atoms with Crippen LogP contribution in [0.4, 0.5) is 0 Å². The number of furan rings is 1. The van der Waals surface area contributed by atoms with E-state index in [1.165, 1.54) is 6.08 Å². The van der Waals surface area contributed by atoms with E-state index in [0.717, 1.165) is 23.4 Å². The summed E-state index contributed by atoms with van der Waals surface area (Å²) in [6.45, 7) is 1.02. The number of hydrogen-bond acceptors (Lipinski definition) is 7. The Balaban J connectivity index is 2.02. The Bertz CT molecular complexity index is 901. The molecule has 2 heterocycles. The predicted octanol–water partition coefficient (Wildman–Crippen LogP) is 1.16. The Morgan fingerprint density at radius 2 is 2.21 bits per heavy atom. The number of amides is 1. The molecule has 0 spiro atoms. The molecule has 1 amide bonds. The highest BCUT2D eigenvalue weighted by Gasteiger charge is 2.20. The first-order valence-corrected chi connectivity index (χ1v) is 10.6. The summed E-state index contributed by atoms with van der Waals surface area (Å²) in [6.07, 6.45) is 4.21. The van der Waals surface area contributed by atoms with Crippen LogP contribution in [0.25, 0.3) is 6.08 Å². The summed E-state index contributed by atoms with van der Waals surface area (Å²) in [5, 5.41) is 20.6. The molecule has 0 radical (unpaired) electrons. The highest BCUT2D eigenvalue weighted by atomic mass is 32.2. The summed E-state index contributed by atoms with van der Waals surface area (Å²) in [5.41, 5.74) is -0.122. The Morgan fingerprint density at radius 3 is 2.82 bits per heavy atom. The molecule has 0 unspecified atom stereocenters. The maximum Gasteiger partial charge on any atom is 0.262 e. The minimum absolute atomic E-state index is 0.0329. The third-order valence-electron chi connectivity index (χ3n) is 4.12. The van der Waals surface area contributed by atoms with E-state index in [0.29, 0.717) is 18.9 Å². The quantitative estimate of drug-likeness (QED) is 0.480. The van der Waals surface area contributed by atoms with Crippen LogP contribution in [0.2, 0.25) is 0 Å². The molecule has 1 atom stereocenters. The van der Waals surface area contributed by atoms with Gasteiger partial charge in [0.25, 0.3) is 5.91 Å². The van der Waals surface area contributed by atoms with Crippen LogP contribution in [0, 0.1) is 22.7 Å². The largest absolute Gasteiger partial charge is 0.460 e. The second-order valence-electron chi connectivity index (χ2n) is 6.32. The van der Waals surface area contributed by atoms with Crippen LogP contribution in [-0.2, 0) is 26.1 Å². The number of carbonyl (C=O) groups is 1. The van der Waals surface area contributed by atoms with Gasteiger partial charge in [-0.05, 0) is 25.0 Å². The van der Waals surface area contributed by atoms with Gasteiger partial charge in [0.05, 0.1) is 25.0 Å². The fourth-order valence-electron chi connectivity index (χ4n) is 2.67. The zero-order valence-corrected chi connectivity index (χ0v) is 16.4. The summed E-state index contributed by atoms with van der Waals surface area (Å²) in [5.74, 6) is 0.0713. The van der Waals surface area contributed by atoms with Gasteiger partial charge in [0, 0.05) is 32.2 Å². The number of nitriles is 2.